The third-order valence-electron chi connectivity index (χ3n) is 5.62. The standard InChI is InChI=1S/C23H22FN5OS/c24-17-7-9-18(10-8-17)29-20-6-2-1-5-19(20)26-21(29)15-28-12-3-4-16(14-28)22(30)27-23-25-11-13-31-23/h1-2,5-11,13,16H,3-4,12,14-15H2,(H,25,27,30)/t16-/m0/s1. The van der Waals surface area contributed by atoms with Gasteiger partial charge in [-0.1, -0.05) is 12.1 Å². The quantitative estimate of drug-likeness (QED) is 0.502. The Balaban J connectivity index is 1.39. The van der Waals surface area contributed by atoms with Gasteiger partial charge in [0.05, 0.1) is 23.5 Å². The zero-order valence-corrected chi connectivity index (χ0v) is 17.7. The van der Waals surface area contributed by atoms with Crippen LogP contribution in [0.1, 0.15) is 18.7 Å². The van der Waals surface area contributed by atoms with Crippen LogP contribution in [0.3, 0.4) is 0 Å². The molecule has 1 aliphatic heterocycles. The number of rotatable bonds is 5. The van der Waals surface area contributed by atoms with Crippen molar-refractivity contribution in [3.8, 4) is 5.69 Å². The topological polar surface area (TPSA) is 63.1 Å². The molecule has 0 radical (unpaired) electrons. The van der Waals surface area contributed by atoms with Crippen LogP contribution in [0.4, 0.5) is 9.52 Å². The van der Waals surface area contributed by atoms with E-state index in [2.05, 4.69) is 19.8 Å². The Bertz CT molecular complexity index is 1190. The van der Waals surface area contributed by atoms with Crippen LogP contribution in [0.2, 0.25) is 0 Å². The lowest BCUT2D eigenvalue weighted by atomic mass is 9.97. The average molecular weight is 436 g/mol. The lowest BCUT2D eigenvalue weighted by Gasteiger charge is -2.31. The van der Waals surface area contributed by atoms with Crippen molar-refractivity contribution in [1.29, 1.82) is 0 Å². The highest BCUT2D eigenvalue weighted by Crippen LogP contribution is 2.25. The van der Waals surface area contributed by atoms with Gasteiger partial charge in [0.15, 0.2) is 5.13 Å². The summed E-state index contributed by atoms with van der Waals surface area (Å²) in [5.41, 5.74) is 2.76. The molecule has 5 rings (SSSR count). The summed E-state index contributed by atoms with van der Waals surface area (Å²) in [4.78, 5) is 24.0. The largest absolute Gasteiger partial charge is 0.302 e. The van der Waals surface area contributed by atoms with E-state index in [-0.39, 0.29) is 17.6 Å². The number of amides is 1. The SMILES string of the molecule is O=C(Nc1nccs1)[C@H]1CCCN(Cc2nc3ccccc3n2-c2ccc(F)cc2)C1. The Labute approximate surface area is 183 Å². The molecule has 0 saturated carbocycles. The molecule has 0 bridgehead atoms. The molecule has 1 atom stereocenters. The fourth-order valence-corrected chi connectivity index (χ4v) is 4.70. The Hall–Kier alpha value is -3.10. The van der Waals surface area contributed by atoms with Gasteiger partial charge in [0.1, 0.15) is 11.6 Å². The van der Waals surface area contributed by atoms with Crippen molar-refractivity contribution < 1.29 is 9.18 Å². The van der Waals surface area contributed by atoms with Gasteiger partial charge in [-0.15, -0.1) is 11.3 Å². The zero-order valence-electron chi connectivity index (χ0n) is 16.9. The second kappa shape index (κ2) is 8.56. The third kappa shape index (κ3) is 4.22. The van der Waals surface area contributed by atoms with E-state index >= 15 is 0 Å². The molecule has 0 spiro atoms. The minimum Gasteiger partial charge on any atom is -0.302 e. The minimum atomic E-state index is -0.264. The molecule has 4 aromatic rings. The smallest absolute Gasteiger partial charge is 0.230 e. The zero-order chi connectivity index (χ0) is 21.2. The van der Waals surface area contributed by atoms with Gasteiger partial charge in [0, 0.05) is 23.8 Å². The van der Waals surface area contributed by atoms with Crippen LogP contribution in [0.5, 0.6) is 0 Å². The van der Waals surface area contributed by atoms with Gasteiger partial charge in [-0.05, 0) is 55.8 Å². The van der Waals surface area contributed by atoms with Crippen LogP contribution >= 0.6 is 11.3 Å². The number of carbonyl (C=O) groups is 1. The summed E-state index contributed by atoms with van der Waals surface area (Å²) in [6.45, 7) is 2.20. The van der Waals surface area contributed by atoms with Crippen molar-refractivity contribution in [2.45, 2.75) is 19.4 Å². The van der Waals surface area contributed by atoms with Crippen molar-refractivity contribution in [3.05, 3.63) is 71.7 Å². The highest BCUT2D eigenvalue weighted by molar-refractivity contribution is 7.13. The Morgan fingerprint density at radius 3 is 2.84 bits per heavy atom. The number of thiazole rings is 1. The summed E-state index contributed by atoms with van der Waals surface area (Å²) in [5, 5.41) is 5.41. The maximum absolute atomic E-state index is 13.5. The predicted molar refractivity (Wildman–Crippen MR) is 120 cm³/mol. The molecule has 1 fully saturated rings. The molecule has 8 heteroatoms. The first-order chi connectivity index (χ1) is 15.2. The maximum Gasteiger partial charge on any atom is 0.230 e. The van der Waals surface area contributed by atoms with Gasteiger partial charge < -0.3 is 5.32 Å². The number of fused-ring (bicyclic) bond motifs is 1. The van der Waals surface area contributed by atoms with Gasteiger partial charge in [0.2, 0.25) is 5.91 Å². The summed E-state index contributed by atoms with van der Waals surface area (Å²) in [5.74, 6) is 0.557. The normalized spacial score (nSPS) is 17.1. The van der Waals surface area contributed by atoms with E-state index in [1.807, 2.05) is 29.6 Å². The summed E-state index contributed by atoms with van der Waals surface area (Å²) >= 11 is 1.42. The molecule has 3 heterocycles. The van der Waals surface area contributed by atoms with Crippen molar-refractivity contribution in [2.24, 2.45) is 5.92 Å². The molecule has 0 aliphatic carbocycles. The van der Waals surface area contributed by atoms with Crippen LogP contribution < -0.4 is 5.32 Å². The van der Waals surface area contributed by atoms with Crippen LogP contribution in [0.15, 0.2) is 60.1 Å². The molecular weight excluding hydrogens is 413 g/mol. The number of aromatic nitrogens is 3. The number of carbonyl (C=O) groups excluding carboxylic acids is 1. The number of para-hydroxylation sites is 2. The predicted octanol–water partition coefficient (Wildman–Crippen LogP) is 4.47. The second-order valence-electron chi connectivity index (χ2n) is 7.73. The molecule has 2 aromatic carbocycles. The molecule has 2 aromatic heterocycles. The first-order valence-electron chi connectivity index (χ1n) is 10.3. The molecule has 1 N–H and O–H groups in total. The highest BCUT2D eigenvalue weighted by atomic mass is 32.1. The van der Waals surface area contributed by atoms with E-state index in [0.29, 0.717) is 18.2 Å². The lowest BCUT2D eigenvalue weighted by molar-refractivity contribution is -0.121. The molecule has 1 saturated heterocycles. The van der Waals surface area contributed by atoms with E-state index < -0.39 is 0 Å². The first kappa shape index (κ1) is 19.8. The van der Waals surface area contributed by atoms with Gasteiger partial charge in [-0.3, -0.25) is 14.3 Å². The third-order valence-corrected chi connectivity index (χ3v) is 6.31. The lowest BCUT2D eigenvalue weighted by Crippen LogP contribution is -2.40. The number of hydrogen-bond acceptors (Lipinski definition) is 5. The Morgan fingerprint density at radius 2 is 2.03 bits per heavy atom. The molecule has 1 aliphatic rings. The maximum atomic E-state index is 13.5. The number of anilines is 1. The van der Waals surface area contributed by atoms with Crippen LogP contribution in [0, 0.1) is 11.7 Å². The monoisotopic (exact) mass is 435 g/mol. The fourth-order valence-electron chi connectivity index (χ4n) is 4.17. The first-order valence-corrected chi connectivity index (χ1v) is 11.2. The van der Waals surface area contributed by atoms with Crippen molar-refractivity contribution in [3.63, 3.8) is 0 Å². The number of imidazole rings is 1. The highest BCUT2D eigenvalue weighted by Gasteiger charge is 2.27. The molecular formula is C23H22FN5OS. The van der Waals surface area contributed by atoms with Crippen LogP contribution in [-0.2, 0) is 11.3 Å². The molecule has 6 nitrogen and oxygen atoms in total. The van der Waals surface area contributed by atoms with Crippen LogP contribution in [-0.4, -0.2) is 38.4 Å². The number of nitrogens with zero attached hydrogens (tertiary/aromatic N) is 4. The molecule has 0 unspecified atom stereocenters. The van der Waals surface area contributed by atoms with E-state index in [0.717, 1.165) is 41.9 Å². The Kier molecular flexibility index (Phi) is 5.48. The molecule has 1 amide bonds. The van der Waals surface area contributed by atoms with Gasteiger partial charge in [-0.25, -0.2) is 14.4 Å². The molecule has 158 valence electrons. The van der Waals surface area contributed by atoms with Gasteiger partial charge >= 0.3 is 0 Å². The fraction of sp³-hybridized carbons (Fsp3) is 0.261. The summed E-state index contributed by atoms with van der Waals surface area (Å²) in [7, 11) is 0. The molecule has 31 heavy (non-hydrogen) atoms. The minimum absolute atomic E-state index is 0.0201. The number of likely N-dealkylation sites (tertiary alicyclic amines) is 1. The summed E-state index contributed by atoms with van der Waals surface area (Å²) in [6, 6.07) is 14.4. The van der Waals surface area contributed by atoms with Gasteiger partial charge in [-0.2, -0.15) is 0 Å². The van der Waals surface area contributed by atoms with Crippen LogP contribution in [0.25, 0.3) is 16.7 Å². The average Bonchev–Trinajstić information content (AvgIpc) is 3.42. The van der Waals surface area contributed by atoms with E-state index in [1.54, 1.807) is 18.3 Å². The number of nitrogens with one attached hydrogen (secondary N) is 1. The number of halogens is 1. The van der Waals surface area contributed by atoms with Crippen molar-refractivity contribution >= 4 is 33.4 Å². The van der Waals surface area contributed by atoms with Gasteiger partial charge in [0.25, 0.3) is 0 Å². The van der Waals surface area contributed by atoms with E-state index in [4.69, 9.17) is 4.98 Å². The summed E-state index contributed by atoms with van der Waals surface area (Å²) < 4.78 is 15.6. The van der Waals surface area contributed by atoms with E-state index in [9.17, 15) is 9.18 Å². The Morgan fingerprint density at radius 1 is 1.19 bits per heavy atom. The summed E-state index contributed by atoms with van der Waals surface area (Å²) in [6.07, 6.45) is 3.50. The number of benzene rings is 2. The van der Waals surface area contributed by atoms with Crippen molar-refractivity contribution in [2.75, 3.05) is 18.4 Å². The number of piperidine rings is 1. The second-order valence-corrected chi connectivity index (χ2v) is 8.62. The number of hydrogen-bond donors (Lipinski definition) is 1. The van der Waals surface area contributed by atoms with Crippen molar-refractivity contribution in [1.82, 2.24) is 19.4 Å². The van der Waals surface area contributed by atoms with E-state index in [1.165, 1.54) is 23.5 Å².